The van der Waals surface area contributed by atoms with Crippen LogP contribution in [-0.2, 0) is 0 Å². The average Bonchev–Trinajstić information content (AvgIpc) is 2.28. The van der Waals surface area contributed by atoms with E-state index >= 15 is 0 Å². The van der Waals surface area contributed by atoms with Gasteiger partial charge in [-0.3, -0.25) is 0 Å². The summed E-state index contributed by atoms with van der Waals surface area (Å²) < 4.78 is 1.17. The maximum absolute atomic E-state index is 6.17. The van der Waals surface area contributed by atoms with Gasteiger partial charge >= 0.3 is 0 Å². The lowest BCUT2D eigenvalue weighted by Crippen LogP contribution is -2.25. The van der Waals surface area contributed by atoms with E-state index in [0.717, 1.165) is 18.1 Å². The zero-order chi connectivity index (χ0) is 12.7. The predicted octanol–water partition coefficient (Wildman–Crippen LogP) is 4.69. The standard InChI is InChI=1S/C14H22BrNS/c1-3-6-11(2)9-12(16)10-17-14-8-5-4-7-13(14)15/h4-5,7-8,11-12H,3,6,9-10,16H2,1-2H3. The van der Waals surface area contributed by atoms with Crippen molar-refractivity contribution in [2.24, 2.45) is 11.7 Å². The quantitative estimate of drug-likeness (QED) is 0.738. The smallest absolute Gasteiger partial charge is 0.0311 e. The molecular weight excluding hydrogens is 294 g/mol. The number of rotatable bonds is 7. The lowest BCUT2D eigenvalue weighted by atomic mass is 9.99. The molecule has 2 atom stereocenters. The molecule has 0 radical (unpaired) electrons. The highest BCUT2D eigenvalue weighted by Crippen LogP contribution is 2.28. The van der Waals surface area contributed by atoms with E-state index in [4.69, 9.17) is 5.73 Å². The van der Waals surface area contributed by atoms with E-state index in [0.29, 0.717) is 6.04 Å². The summed E-state index contributed by atoms with van der Waals surface area (Å²) in [5, 5.41) is 0. The molecule has 0 bridgehead atoms. The molecule has 0 fully saturated rings. The first kappa shape index (κ1) is 15.1. The van der Waals surface area contributed by atoms with Gasteiger partial charge in [-0.25, -0.2) is 0 Å². The second-order valence-electron chi connectivity index (χ2n) is 4.63. The van der Waals surface area contributed by atoms with Crippen molar-refractivity contribution in [1.82, 2.24) is 0 Å². The van der Waals surface area contributed by atoms with Gasteiger partial charge < -0.3 is 5.73 Å². The maximum Gasteiger partial charge on any atom is 0.0311 e. The summed E-state index contributed by atoms with van der Waals surface area (Å²) in [7, 11) is 0. The van der Waals surface area contributed by atoms with Crippen LogP contribution in [0.15, 0.2) is 33.6 Å². The van der Waals surface area contributed by atoms with Crippen LogP contribution in [0.2, 0.25) is 0 Å². The van der Waals surface area contributed by atoms with Gasteiger partial charge in [0.15, 0.2) is 0 Å². The number of halogens is 1. The van der Waals surface area contributed by atoms with Crippen LogP contribution in [0.5, 0.6) is 0 Å². The second-order valence-corrected chi connectivity index (χ2v) is 6.55. The Balaban J connectivity index is 2.33. The Hall–Kier alpha value is 0.01000. The molecule has 1 nitrogen and oxygen atoms in total. The SMILES string of the molecule is CCCC(C)CC(N)CSc1ccccc1Br. The zero-order valence-electron chi connectivity index (χ0n) is 10.7. The fourth-order valence-electron chi connectivity index (χ4n) is 1.95. The predicted molar refractivity (Wildman–Crippen MR) is 81.5 cm³/mol. The number of nitrogens with two attached hydrogens (primary N) is 1. The number of hydrogen-bond acceptors (Lipinski definition) is 2. The monoisotopic (exact) mass is 315 g/mol. The first-order valence-electron chi connectivity index (χ1n) is 6.26. The normalized spacial score (nSPS) is 14.6. The van der Waals surface area contributed by atoms with Gasteiger partial charge in [-0.15, -0.1) is 11.8 Å². The van der Waals surface area contributed by atoms with E-state index in [2.05, 4.69) is 48.0 Å². The van der Waals surface area contributed by atoms with Crippen LogP contribution in [-0.4, -0.2) is 11.8 Å². The van der Waals surface area contributed by atoms with E-state index in [1.165, 1.54) is 22.2 Å². The zero-order valence-corrected chi connectivity index (χ0v) is 13.1. The fraction of sp³-hybridized carbons (Fsp3) is 0.571. The van der Waals surface area contributed by atoms with Crippen LogP contribution in [0.4, 0.5) is 0 Å². The van der Waals surface area contributed by atoms with Crippen LogP contribution in [0.3, 0.4) is 0 Å². The molecule has 3 heteroatoms. The van der Waals surface area contributed by atoms with Crippen LogP contribution in [0.1, 0.15) is 33.1 Å². The van der Waals surface area contributed by atoms with Crippen LogP contribution in [0, 0.1) is 5.92 Å². The summed E-state index contributed by atoms with van der Waals surface area (Å²) in [4.78, 5) is 1.28. The molecule has 0 aromatic heterocycles. The van der Waals surface area contributed by atoms with E-state index in [-0.39, 0.29) is 0 Å². The summed E-state index contributed by atoms with van der Waals surface area (Å²) in [5.41, 5.74) is 6.17. The first-order chi connectivity index (χ1) is 8.13. The lowest BCUT2D eigenvalue weighted by Gasteiger charge is -2.16. The molecule has 1 aromatic carbocycles. The van der Waals surface area contributed by atoms with E-state index in [1.54, 1.807) is 0 Å². The summed E-state index contributed by atoms with van der Waals surface area (Å²) >= 11 is 5.40. The third-order valence-corrected chi connectivity index (χ3v) is 4.99. The Kier molecular flexibility index (Phi) is 7.24. The summed E-state index contributed by atoms with van der Waals surface area (Å²) in [6, 6.07) is 8.62. The minimum atomic E-state index is 0.300. The van der Waals surface area contributed by atoms with Gasteiger partial charge in [0.25, 0.3) is 0 Å². The molecule has 0 spiro atoms. The third kappa shape index (κ3) is 5.94. The first-order valence-corrected chi connectivity index (χ1v) is 8.04. The largest absolute Gasteiger partial charge is 0.327 e. The maximum atomic E-state index is 6.17. The molecule has 0 heterocycles. The van der Waals surface area contributed by atoms with Crippen LogP contribution < -0.4 is 5.73 Å². The van der Waals surface area contributed by atoms with Crippen molar-refractivity contribution in [3.8, 4) is 0 Å². The minimum Gasteiger partial charge on any atom is -0.327 e. The van der Waals surface area contributed by atoms with Crippen molar-refractivity contribution in [3.63, 3.8) is 0 Å². The molecule has 0 saturated carbocycles. The average molecular weight is 316 g/mol. The van der Waals surface area contributed by atoms with E-state index in [1.807, 2.05) is 17.8 Å². The van der Waals surface area contributed by atoms with Crippen molar-refractivity contribution in [2.75, 3.05) is 5.75 Å². The lowest BCUT2D eigenvalue weighted by molar-refractivity contribution is 0.450. The molecule has 2 N–H and O–H groups in total. The van der Waals surface area contributed by atoms with Gasteiger partial charge in [-0.05, 0) is 40.4 Å². The molecule has 0 aliphatic heterocycles. The summed E-state index contributed by atoms with van der Waals surface area (Å²) in [6.45, 7) is 4.53. The number of thioether (sulfide) groups is 1. The highest BCUT2D eigenvalue weighted by atomic mass is 79.9. The number of benzene rings is 1. The van der Waals surface area contributed by atoms with Gasteiger partial charge in [-0.1, -0.05) is 38.8 Å². The molecule has 2 unspecified atom stereocenters. The fourth-order valence-corrected chi connectivity index (χ4v) is 3.49. The second kappa shape index (κ2) is 8.17. The molecule has 0 amide bonds. The molecule has 1 aromatic rings. The van der Waals surface area contributed by atoms with Gasteiger partial charge in [0, 0.05) is 21.2 Å². The summed E-state index contributed by atoms with van der Waals surface area (Å²) in [5.74, 6) is 1.74. The minimum absolute atomic E-state index is 0.300. The Labute approximate surface area is 118 Å². The third-order valence-electron chi connectivity index (χ3n) is 2.78. The van der Waals surface area contributed by atoms with E-state index < -0.39 is 0 Å². The highest BCUT2D eigenvalue weighted by molar-refractivity contribution is 9.10. The molecular formula is C14H22BrNS. The van der Waals surface area contributed by atoms with Crippen molar-refractivity contribution < 1.29 is 0 Å². The Morgan fingerprint density at radius 2 is 2.06 bits per heavy atom. The Morgan fingerprint density at radius 3 is 2.71 bits per heavy atom. The summed E-state index contributed by atoms with van der Waals surface area (Å²) in [6.07, 6.45) is 3.67. The molecule has 1 rings (SSSR count). The van der Waals surface area contributed by atoms with Gasteiger partial charge in [-0.2, -0.15) is 0 Å². The van der Waals surface area contributed by atoms with Crippen LogP contribution in [0.25, 0.3) is 0 Å². The van der Waals surface area contributed by atoms with Crippen molar-refractivity contribution in [1.29, 1.82) is 0 Å². The van der Waals surface area contributed by atoms with Crippen molar-refractivity contribution in [2.45, 2.75) is 44.0 Å². The van der Waals surface area contributed by atoms with Crippen molar-refractivity contribution >= 4 is 27.7 Å². The Bertz CT molecular complexity index is 330. The number of hydrogen-bond donors (Lipinski definition) is 1. The topological polar surface area (TPSA) is 26.0 Å². The van der Waals surface area contributed by atoms with Gasteiger partial charge in [0.1, 0.15) is 0 Å². The molecule has 96 valence electrons. The molecule has 0 aliphatic rings. The van der Waals surface area contributed by atoms with Crippen molar-refractivity contribution in [3.05, 3.63) is 28.7 Å². The van der Waals surface area contributed by atoms with Crippen LogP contribution >= 0.6 is 27.7 Å². The highest BCUT2D eigenvalue weighted by Gasteiger charge is 2.09. The van der Waals surface area contributed by atoms with E-state index in [9.17, 15) is 0 Å². The molecule has 0 saturated heterocycles. The van der Waals surface area contributed by atoms with Gasteiger partial charge in [0.2, 0.25) is 0 Å². The molecule has 17 heavy (non-hydrogen) atoms. The molecule has 0 aliphatic carbocycles. The van der Waals surface area contributed by atoms with Gasteiger partial charge in [0.05, 0.1) is 0 Å². The Morgan fingerprint density at radius 1 is 1.35 bits per heavy atom.